The summed E-state index contributed by atoms with van der Waals surface area (Å²) in [5, 5.41) is 0. The molecular formula is C10H14ClF2N3O. The quantitative estimate of drug-likeness (QED) is 0.709. The molecule has 0 atom stereocenters. The maximum atomic E-state index is 12.4. The topological polar surface area (TPSA) is 38.2 Å². The fourth-order valence-electron chi connectivity index (χ4n) is 1.30. The SMILES string of the molecule is CCOc1cc(N(CCCl)CC(F)F)ncn1. The van der Waals surface area contributed by atoms with Crippen molar-refractivity contribution in [3.63, 3.8) is 0 Å². The maximum Gasteiger partial charge on any atom is 0.255 e. The number of hydrogen-bond acceptors (Lipinski definition) is 4. The van der Waals surface area contributed by atoms with E-state index in [2.05, 4.69) is 9.97 Å². The Labute approximate surface area is 104 Å². The van der Waals surface area contributed by atoms with Gasteiger partial charge in [-0.2, -0.15) is 0 Å². The Morgan fingerprint density at radius 2 is 2.24 bits per heavy atom. The number of alkyl halides is 3. The summed E-state index contributed by atoms with van der Waals surface area (Å²) in [5.74, 6) is 1.01. The van der Waals surface area contributed by atoms with Gasteiger partial charge in [-0.15, -0.1) is 11.6 Å². The summed E-state index contributed by atoms with van der Waals surface area (Å²) in [7, 11) is 0. The lowest BCUT2D eigenvalue weighted by atomic mass is 10.4. The Kier molecular flexibility index (Phi) is 5.90. The zero-order chi connectivity index (χ0) is 12.7. The van der Waals surface area contributed by atoms with Crippen molar-refractivity contribution < 1.29 is 13.5 Å². The van der Waals surface area contributed by atoms with Gasteiger partial charge in [-0.25, -0.2) is 18.7 Å². The van der Waals surface area contributed by atoms with Gasteiger partial charge in [-0.05, 0) is 6.92 Å². The summed E-state index contributed by atoms with van der Waals surface area (Å²) in [5.41, 5.74) is 0. The van der Waals surface area contributed by atoms with Gasteiger partial charge < -0.3 is 9.64 Å². The molecule has 7 heteroatoms. The molecule has 1 aromatic heterocycles. The van der Waals surface area contributed by atoms with Gasteiger partial charge in [-0.1, -0.05) is 0 Å². The molecule has 4 nitrogen and oxygen atoms in total. The van der Waals surface area contributed by atoms with Crippen LogP contribution in [0.3, 0.4) is 0 Å². The molecule has 0 spiro atoms. The first-order chi connectivity index (χ1) is 8.17. The Hall–Kier alpha value is -1.17. The van der Waals surface area contributed by atoms with Crippen LogP contribution in [0.5, 0.6) is 5.88 Å². The van der Waals surface area contributed by atoms with E-state index in [9.17, 15) is 8.78 Å². The highest BCUT2D eigenvalue weighted by Crippen LogP contribution is 2.16. The molecule has 1 aromatic rings. The van der Waals surface area contributed by atoms with Gasteiger partial charge in [0.15, 0.2) is 0 Å². The van der Waals surface area contributed by atoms with Gasteiger partial charge in [0.2, 0.25) is 5.88 Å². The molecule has 0 radical (unpaired) electrons. The molecule has 17 heavy (non-hydrogen) atoms. The second-order valence-corrected chi connectivity index (χ2v) is 3.55. The van der Waals surface area contributed by atoms with Crippen LogP contribution in [0.15, 0.2) is 12.4 Å². The van der Waals surface area contributed by atoms with Crippen molar-refractivity contribution in [3.05, 3.63) is 12.4 Å². The third-order valence-corrected chi connectivity index (χ3v) is 2.13. The lowest BCUT2D eigenvalue weighted by molar-refractivity contribution is 0.155. The van der Waals surface area contributed by atoms with Crippen LogP contribution in [-0.2, 0) is 0 Å². The number of rotatable bonds is 7. The highest BCUT2D eigenvalue weighted by Gasteiger charge is 2.14. The summed E-state index contributed by atoms with van der Waals surface area (Å²) >= 11 is 5.57. The first-order valence-electron chi connectivity index (χ1n) is 5.21. The molecule has 0 fully saturated rings. The lowest BCUT2D eigenvalue weighted by Gasteiger charge is -2.22. The third-order valence-electron chi connectivity index (χ3n) is 1.96. The van der Waals surface area contributed by atoms with Crippen LogP contribution in [0.25, 0.3) is 0 Å². The molecule has 0 aliphatic heterocycles. The zero-order valence-corrected chi connectivity index (χ0v) is 10.2. The smallest absolute Gasteiger partial charge is 0.255 e. The van der Waals surface area contributed by atoms with E-state index in [0.29, 0.717) is 24.8 Å². The van der Waals surface area contributed by atoms with Gasteiger partial charge in [-0.3, -0.25) is 0 Å². The molecular weight excluding hydrogens is 252 g/mol. The van der Waals surface area contributed by atoms with E-state index >= 15 is 0 Å². The van der Waals surface area contributed by atoms with Crippen molar-refractivity contribution in [1.29, 1.82) is 0 Å². The minimum Gasteiger partial charge on any atom is -0.478 e. The van der Waals surface area contributed by atoms with Crippen LogP contribution in [0, 0.1) is 0 Å². The van der Waals surface area contributed by atoms with E-state index in [0.717, 1.165) is 0 Å². The van der Waals surface area contributed by atoms with E-state index in [1.54, 1.807) is 0 Å². The minimum absolute atomic E-state index is 0.251. The first kappa shape index (κ1) is 13.9. The molecule has 0 saturated heterocycles. The van der Waals surface area contributed by atoms with E-state index in [1.807, 2.05) is 6.92 Å². The van der Waals surface area contributed by atoms with Gasteiger partial charge in [0.25, 0.3) is 6.43 Å². The molecule has 0 aliphatic rings. The Morgan fingerprint density at radius 1 is 1.47 bits per heavy atom. The fraction of sp³-hybridized carbons (Fsp3) is 0.600. The van der Waals surface area contributed by atoms with Crippen molar-refractivity contribution in [2.75, 3.05) is 30.5 Å². The van der Waals surface area contributed by atoms with E-state index in [-0.39, 0.29) is 5.88 Å². The van der Waals surface area contributed by atoms with Crippen LogP contribution < -0.4 is 9.64 Å². The van der Waals surface area contributed by atoms with Crippen molar-refractivity contribution in [2.24, 2.45) is 0 Å². The van der Waals surface area contributed by atoms with Gasteiger partial charge >= 0.3 is 0 Å². The van der Waals surface area contributed by atoms with E-state index in [1.165, 1.54) is 17.3 Å². The van der Waals surface area contributed by atoms with Crippen molar-refractivity contribution in [1.82, 2.24) is 9.97 Å². The highest BCUT2D eigenvalue weighted by molar-refractivity contribution is 6.18. The molecule has 0 unspecified atom stereocenters. The van der Waals surface area contributed by atoms with Crippen molar-refractivity contribution in [2.45, 2.75) is 13.3 Å². The second-order valence-electron chi connectivity index (χ2n) is 3.17. The minimum atomic E-state index is -2.44. The summed E-state index contributed by atoms with van der Waals surface area (Å²) in [4.78, 5) is 9.21. The average Bonchev–Trinajstić information content (AvgIpc) is 2.29. The Morgan fingerprint density at radius 3 is 2.82 bits per heavy atom. The van der Waals surface area contributed by atoms with Crippen LogP contribution in [-0.4, -0.2) is 42.0 Å². The van der Waals surface area contributed by atoms with Crippen LogP contribution >= 0.6 is 11.6 Å². The van der Waals surface area contributed by atoms with Crippen molar-refractivity contribution in [3.8, 4) is 5.88 Å². The zero-order valence-electron chi connectivity index (χ0n) is 9.44. The average molecular weight is 266 g/mol. The van der Waals surface area contributed by atoms with Crippen LogP contribution in [0.1, 0.15) is 6.92 Å². The van der Waals surface area contributed by atoms with E-state index < -0.39 is 13.0 Å². The molecule has 1 rings (SSSR count). The van der Waals surface area contributed by atoms with Gasteiger partial charge in [0, 0.05) is 18.5 Å². The summed E-state index contributed by atoms with van der Waals surface area (Å²) in [6.45, 7) is 2.17. The molecule has 1 heterocycles. The molecule has 96 valence electrons. The third kappa shape index (κ3) is 4.68. The first-order valence-corrected chi connectivity index (χ1v) is 5.74. The maximum absolute atomic E-state index is 12.4. The molecule has 0 saturated carbocycles. The molecule has 0 aromatic carbocycles. The van der Waals surface area contributed by atoms with Gasteiger partial charge in [0.05, 0.1) is 13.2 Å². The van der Waals surface area contributed by atoms with Crippen LogP contribution in [0.4, 0.5) is 14.6 Å². The summed E-state index contributed by atoms with van der Waals surface area (Å²) in [6, 6.07) is 1.53. The molecule has 0 amide bonds. The standard InChI is InChI=1S/C10H14ClF2N3O/c1-2-17-10-5-9(14-7-15-10)16(4-3-11)6-8(12)13/h5,7-8H,2-4,6H2,1H3. The van der Waals surface area contributed by atoms with E-state index in [4.69, 9.17) is 16.3 Å². The Balaban J connectivity index is 2.81. The number of anilines is 1. The predicted molar refractivity (Wildman–Crippen MR) is 62.1 cm³/mol. The number of ether oxygens (including phenoxy) is 1. The largest absolute Gasteiger partial charge is 0.478 e. The summed E-state index contributed by atoms with van der Waals surface area (Å²) < 4.78 is 29.9. The number of nitrogens with zero attached hydrogens (tertiary/aromatic N) is 3. The van der Waals surface area contributed by atoms with Crippen LogP contribution in [0.2, 0.25) is 0 Å². The normalized spacial score (nSPS) is 10.6. The number of aromatic nitrogens is 2. The monoisotopic (exact) mass is 265 g/mol. The number of hydrogen-bond donors (Lipinski definition) is 0. The highest BCUT2D eigenvalue weighted by atomic mass is 35.5. The van der Waals surface area contributed by atoms with Crippen molar-refractivity contribution >= 4 is 17.4 Å². The number of halogens is 3. The summed E-state index contributed by atoms with van der Waals surface area (Å²) in [6.07, 6.45) is -1.16. The molecule has 0 aliphatic carbocycles. The predicted octanol–water partition coefficient (Wildman–Crippen LogP) is 2.19. The molecule has 0 bridgehead atoms. The Bertz CT molecular complexity index is 341. The molecule has 0 N–H and O–H groups in total. The lowest BCUT2D eigenvalue weighted by Crippen LogP contribution is -2.31. The fourth-order valence-corrected chi connectivity index (χ4v) is 1.50. The van der Waals surface area contributed by atoms with Gasteiger partial charge in [0.1, 0.15) is 12.1 Å². The second kappa shape index (κ2) is 7.21.